The summed E-state index contributed by atoms with van der Waals surface area (Å²) in [5.41, 5.74) is -0.544. The highest BCUT2D eigenvalue weighted by Crippen LogP contribution is 2.14. The fraction of sp³-hybridized carbons (Fsp3) is 0.583. The third-order valence-corrected chi connectivity index (χ3v) is 3.05. The van der Waals surface area contributed by atoms with Gasteiger partial charge in [0.25, 0.3) is 11.5 Å². The summed E-state index contributed by atoms with van der Waals surface area (Å²) in [6, 6.07) is 2.70. The lowest BCUT2D eigenvalue weighted by molar-refractivity contribution is 0.0878. The van der Waals surface area contributed by atoms with E-state index in [1.54, 1.807) is 0 Å². The maximum Gasteiger partial charge on any atom is 0.272 e. The highest BCUT2D eigenvalue weighted by atomic mass is 16.3. The van der Waals surface area contributed by atoms with Crippen LogP contribution in [0.1, 0.15) is 37.2 Å². The molecular formula is C12H19N3O3. The minimum Gasteiger partial charge on any atom is -0.396 e. The molecule has 6 heteroatoms. The normalized spacial score (nSPS) is 14.0. The van der Waals surface area contributed by atoms with Gasteiger partial charge >= 0.3 is 0 Å². The van der Waals surface area contributed by atoms with Gasteiger partial charge in [0.15, 0.2) is 0 Å². The molecule has 0 bridgehead atoms. The molecule has 0 aliphatic heterocycles. The third kappa shape index (κ3) is 3.40. The first-order chi connectivity index (χ1) is 8.41. The number of carbonyl (C=O) groups is 1. The Balaban J connectivity index is 2.87. The Morgan fingerprint density at radius 2 is 2.22 bits per heavy atom. The number of hydrogen-bond donors (Lipinski definition) is 2. The van der Waals surface area contributed by atoms with Crippen molar-refractivity contribution in [2.24, 2.45) is 7.05 Å². The molecule has 1 aromatic heterocycles. The summed E-state index contributed by atoms with van der Waals surface area (Å²) in [5, 5.41) is 15.7. The molecule has 0 fully saturated rings. The summed E-state index contributed by atoms with van der Waals surface area (Å²) in [6.45, 7) is 3.80. The molecule has 0 aliphatic rings. The molecular weight excluding hydrogens is 234 g/mol. The van der Waals surface area contributed by atoms with Crippen molar-refractivity contribution in [3.63, 3.8) is 0 Å². The Kier molecular flexibility index (Phi) is 4.61. The van der Waals surface area contributed by atoms with Crippen LogP contribution < -0.4 is 10.9 Å². The first-order valence-electron chi connectivity index (χ1n) is 5.89. The first-order valence-corrected chi connectivity index (χ1v) is 5.89. The van der Waals surface area contributed by atoms with Crippen LogP contribution in [0.3, 0.4) is 0 Å². The Morgan fingerprint density at radius 3 is 2.72 bits per heavy atom. The SMILES string of the molecule is CCC(C)(CCO)NC(=O)c1ccc(=O)n(C)n1. The van der Waals surface area contributed by atoms with Crippen molar-refractivity contribution >= 4 is 5.91 Å². The Labute approximate surface area is 106 Å². The molecule has 2 N–H and O–H groups in total. The van der Waals surface area contributed by atoms with E-state index in [9.17, 15) is 9.59 Å². The smallest absolute Gasteiger partial charge is 0.272 e. The average molecular weight is 253 g/mol. The van der Waals surface area contributed by atoms with E-state index < -0.39 is 5.54 Å². The Bertz CT molecular complexity index is 484. The quantitative estimate of drug-likeness (QED) is 0.777. The fourth-order valence-electron chi connectivity index (χ4n) is 1.54. The standard InChI is InChI=1S/C12H19N3O3/c1-4-12(2,7-8-16)13-11(18)9-5-6-10(17)15(3)14-9/h5-6,16H,4,7-8H2,1-3H3,(H,13,18). The summed E-state index contributed by atoms with van der Waals surface area (Å²) in [4.78, 5) is 23.2. The van der Waals surface area contributed by atoms with Gasteiger partial charge in [-0.2, -0.15) is 5.10 Å². The molecule has 0 aromatic carbocycles. The van der Waals surface area contributed by atoms with Crippen LogP contribution in [0.2, 0.25) is 0 Å². The van der Waals surface area contributed by atoms with Crippen LogP contribution in [0.15, 0.2) is 16.9 Å². The molecule has 0 radical (unpaired) electrons. The van der Waals surface area contributed by atoms with Gasteiger partial charge in [0.05, 0.1) is 0 Å². The van der Waals surface area contributed by atoms with Gasteiger partial charge in [-0.1, -0.05) is 6.92 Å². The predicted molar refractivity (Wildman–Crippen MR) is 67.3 cm³/mol. The number of aliphatic hydroxyl groups is 1. The van der Waals surface area contributed by atoms with Gasteiger partial charge in [-0.25, -0.2) is 4.68 Å². The van der Waals surface area contributed by atoms with E-state index in [0.29, 0.717) is 12.8 Å². The van der Waals surface area contributed by atoms with E-state index in [2.05, 4.69) is 10.4 Å². The van der Waals surface area contributed by atoms with Crippen LogP contribution in [-0.4, -0.2) is 32.9 Å². The summed E-state index contributed by atoms with van der Waals surface area (Å²) in [5.74, 6) is -0.344. The van der Waals surface area contributed by atoms with Crippen molar-refractivity contribution in [3.8, 4) is 0 Å². The monoisotopic (exact) mass is 253 g/mol. The highest BCUT2D eigenvalue weighted by molar-refractivity contribution is 5.92. The van der Waals surface area contributed by atoms with Gasteiger partial charge in [0.2, 0.25) is 0 Å². The number of nitrogens with one attached hydrogen (secondary N) is 1. The topological polar surface area (TPSA) is 84.2 Å². The number of carbonyl (C=O) groups excluding carboxylic acids is 1. The molecule has 1 rings (SSSR count). The van der Waals surface area contributed by atoms with Crippen molar-refractivity contribution in [2.45, 2.75) is 32.2 Å². The van der Waals surface area contributed by atoms with Crippen LogP contribution in [-0.2, 0) is 7.05 Å². The molecule has 0 spiro atoms. The summed E-state index contributed by atoms with van der Waals surface area (Å²) >= 11 is 0. The molecule has 1 aromatic rings. The van der Waals surface area contributed by atoms with E-state index in [4.69, 9.17) is 5.11 Å². The van der Waals surface area contributed by atoms with Crippen molar-refractivity contribution in [2.75, 3.05) is 6.61 Å². The predicted octanol–water partition coefficient (Wildman–Crippen LogP) is 0.0612. The Morgan fingerprint density at radius 1 is 1.56 bits per heavy atom. The number of nitrogens with zero attached hydrogens (tertiary/aromatic N) is 2. The van der Waals surface area contributed by atoms with Crippen molar-refractivity contribution in [1.82, 2.24) is 15.1 Å². The lowest BCUT2D eigenvalue weighted by atomic mass is 9.95. The minimum atomic E-state index is -0.470. The molecule has 1 unspecified atom stereocenters. The molecule has 18 heavy (non-hydrogen) atoms. The molecule has 6 nitrogen and oxygen atoms in total. The zero-order valence-corrected chi connectivity index (χ0v) is 10.9. The van der Waals surface area contributed by atoms with Gasteiger partial charge in [0, 0.05) is 25.3 Å². The Hall–Kier alpha value is -1.69. The van der Waals surface area contributed by atoms with E-state index in [0.717, 1.165) is 4.68 Å². The number of amides is 1. The van der Waals surface area contributed by atoms with Gasteiger partial charge < -0.3 is 10.4 Å². The van der Waals surface area contributed by atoms with Crippen molar-refractivity contribution in [1.29, 1.82) is 0 Å². The van der Waals surface area contributed by atoms with E-state index in [1.165, 1.54) is 19.2 Å². The van der Waals surface area contributed by atoms with Crippen LogP contribution in [0.4, 0.5) is 0 Å². The molecule has 0 saturated carbocycles. The van der Waals surface area contributed by atoms with Crippen LogP contribution in [0.5, 0.6) is 0 Å². The maximum atomic E-state index is 12.0. The second-order valence-corrected chi connectivity index (χ2v) is 4.52. The summed E-state index contributed by atoms with van der Waals surface area (Å²) < 4.78 is 1.12. The van der Waals surface area contributed by atoms with Crippen molar-refractivity contribution < 1.29 is 9.90 Å². The number of aromatic nitrogens is 2. The largest absolute Gasteiger partial charge is 0.396 e. The first kappa shape index (κ1) is 14.4. The number of aryl methyl sites for hydroxylation is 1. The maximum absolute atomic E-state index is 12.0. The van der Waals surface area contributed by atoms with E-state index in [-0.39, 0.29) is 23.8 Å². The minimum absolute atomic E-state index is 0.00528. The molecule has 1 amide bonds. The zero-order valence-electron chi connectivity index (χ0n) is 10.9. The molecule has 0 aliphatic carbocycles. The molecule has 1 heterocycles. The second kappa shape index (κ2) is 5.77. The van der Waals surface area contributed by atoms with Crippen molar-refractivity contribution in [3.05, 3.63) is 28.2 Å². The summed E-state index contributed by atoms with van der Waals surface area (Å²) in [6.07, 6.45) is 1.17. The lowest BCUT2D eigenvalue weighted by Crippen LogP contribution is -2.46. The zero-order chi connectivity index (χ0) is 13.8. The molecule has 1 atom stereocenters. The number of aliphatic hydroxyl groups excluding tert-OH is 1. The van der Waals surface area contributed by atoms with Crippen LogP contribution in [0.25, 0.3) is 0 Å². The molecule has 0 saturated heterocycles. The van der Waals surface area contributed by atoms with Gasteiger partial charge in [-0.15, -0.1) is 0 Å². The summed E-state index contributed by atoms with van der Waals surface area (Å²) in [7, 11) is 1.49. The van der Waals surface area contributed by atoms with Crippen LogP contribution >= 0.6 is 0 Å². The van der Waals surface area contributed by atoms with E-state index >= 15 is 0 Å². The highest BCUT2D eigenvalue weighted by Gasteiger charge is 2.24. The number of rotatable bonds is 5. The number of hydrogen-bond acceptors (Lipinski definition) is 4. The molecule has 100 valence electrons. The van der Waals surface area contributed by atoms with Gasteiger partial charge in [-0.3, -0.25) is 9.59 Å². The van der Waals surface area contributed by atoms with E-state index in [1.807, 2.05) is 13.8 Å². The average Bonchev–Trinajstić information content (AvgIpc) is 2.32. The second-order valence-electron chi connectivity index (χ2n) is 4.52. The third-order valence-electron chi connectivity index (χ3n) is 3.05. The van der Waals surface area contributed by atoms with Gasteiger partial charge in [0.1, 0.15) is 5.69 Å². The fourth-order valence-corrected chi connectivity index (χ4v) is 1.54. The van der Waals surface area contributed by atoms with Gasteiger partial charge in [-0.05, 0) is 25.8 Å². The lowest BCUT2D eigenvalue weighted by Gasteiger charge is -2.28. The van der Waals surface area contributed by atoms with Crippen LogP contribution in [0, 0.1) is 0 Å².